The van der Waals surface area contributed by atoms with E-state index in [9.17, 15) is 13.5 Å². The molecular formula is C19H25NO3S2. The van der Waals surface area contributed by atoms with Gasteiger partial charge in [-0.3, -0.25) is 0 Å². The number of thiophene rings is 1. The topological polar surface area (TPSA) is 66.4 Å². The normalized spacial score (nSPS) is 18.4. The number of hydrogen-bond donors (Lipinski definition) is 2. The Labute approximate surface area is 153 Å². The number of sulfone groups is 1. The summed E-state index contributed by atoms with van der Waals surface area (Å²) in [6, 6.07) is 9.63. The van der Waals surface area contributed by atoms with Gasteiger partial charge in [0.1, 0.15) is 9.96 Å². The highest BCUT2D eigenvalue weighted by molar-refractivity contribution is 7.93. The van der Waals surface area contributed by atoms with Gasteiger partial charge < -0.3 is 10.4 Å². The van der Waals surface area contributed by atoms with Crippen molar-refractivity contribution in [2.75, 3.05) is 12.3 Å². The first kappa shape index (κ1) is 18.4. The monoisotopic (exact) mass is 379 g/mol. The fourth-order valence-corrected chi connectivity index (χ4v) is 5.67. The molecule has 1 aliphatic rings. The molecule has 25 heavy (non-hydrogen) atoms. The Bertz CT molecular complexity index is 821. The van der Waals surface area contributed by atoms with E-state index in [2.05, 4.69) is 11.4 Å². The molecule has 1 aromatic carbocycles. The van der Waals surface area contributed by atoms with Gasteiger partial charge in [0, 0.05) is 10.9 Å². The van der Waals surface area contributed by atoms with Crippen molar-refractivity contribution in [2.45, 2.75) is 49.3 Å². The van der Waals surface area contributed by atoms with Crippen LogP contribution in [-0.2, 0) is 16.3 Å². The van der Waals surface area contributed by atoms with Crippen LogP contribution in [0.3, 0.4) is 0 Å². The van der Waals surface area contributed by atoms with Crippen LogP contribution in [-0.4, -0.2) is 31.9 Å². The van der Waals surface area contributed by atoms with Gasteiger partial charge in [0.05, 0.1) is 5.75 Å². The van der Waals surface area contributed by atoms with Crippen LogP contribution in [0.5, 0.6) is 5.75 Å². The molecule has 136 valence electrons. The molecule has 2 heterocycles. The van der Waals surface area contributed by atoms with E-state index in [0.29, 0.717) is 10.3 Å². The van der Waals surface area contributed by atoms with E-state index in [1.165, 1.54) is 30.6 Å². The summed E-state index contributed by atoms with van der Waals surface area (Å²) in [6.45, 7) is 2.75. The van der Waals surface area contributed by atoms with E-state index >= 15 is 0 Å². The summed E-state index contributed by atoms with van der Waals surface area (Å²) in [4.78, 5) is 0.875. The molecule has 0 radical (unpaired) electrons. The number of benzene rings is 1. The SMILES string of the molecule is CCS(=O)(=O)c1ccc(-c2cc(O)cc(CC[C@@H]3CCCCN3)c2)s1. The summed E-state index contributed by atoms with van der Waals surface area (Å²) < 4.78 is 24.4. The van der Waals surface area contributed by atoms with Gasteiger partial charge >= 0.3 is 0 Å². The highest BCUT2D eigenvalue weighted by Gasteiger charge is 2.16. The maximum Gasteiger partial charge on any atom is 0.187 e. The standard InChI is InChI=1S/C19H25NO3S2/c1-2-25(22,23)19-9-8-18(24-19)15-11-14(12-17(21)13-15)6-7-16-5-3-4-10-20-16/h8-9,11-13,16,20-21H,2-7,10H2,1H3/t16-/m0/s1. The second-order valence-corrected chi connectivity index (χ2v) is 10.2. The Kier molecular flexibility index (Phi) is 5.81. The minimum Gasteiger partial charge on any atom is -0.508 e. The van der Waals surface area contributed by atoms with Gasteiger partial charge in [0.15, 0.2) is 9.84 Å². The molecule has 1 saturated heterocycles. The third-order valence-electron chi connectivity index (χ3n) is 4.72. The molecule has 2 N–H and O–H groups in total. The van der Waals surface area contributed by atoms with E-state index in [4.69, 9.17) is 0 Å². The largest absolute Gasteiger partial charge is 0.508 e. The van der Waals surface area contributed by atoms with Crippen molar-refractivity contribution in [3.63, 3.8) is 0 Å². The van der Waals surface area contributed by atoms with Crippen LogP contribution in [0.4, 0.5) is 0 Å². The maximum absolute atomic E-state index is 12.0. The Morgan fingerprint density at radius 1 is 1.24 bits per heavy atom. The van der Waals surface area contributed by atoms with Gasteiger partial charge in [-0.25, -0.2) is 8.42 Å². The number of aryl methyl sites for hydroxylation is 1. The van der Waals surface area contributed by atoms with Crippen molar-refractivity contribution in [3.8, 4) is 16.2 Å². The Balaban J connectivity index is 1.77. The average molecular weight is 380 g/mol. The summed E-state index contributed by atoms with van der Waals surface area (Å²) in [5.74, 6) is 0.338. The van der Waals surface area contributed by atoms with Gasteiger partial charge in [-0.15, -0.1) is 11.3 Å². The first-order valence-electron chi connectivity index (χ1n) is 8.87. The summed E-state index contributed by atoms with van der Waals surface area (Å²) >= 11 is 1.27. The quantitative estimate of drug-likeness (QED) is 0.796. The minimum atomic E-state index is -3.18. The zero-order chi connectivity index (χ0) is 17.9. The van der Waals surface area contributed by atoms with Crippen LogP contribution in [0.1, 0.15) is 38.2 Å². The zero-order valence-corrected chi connectivity index (χ0v) is 16.1. The van der Waals surface area contributed by atoms with E-state index in [-0.39, 0.29) is 11.5 Å². The fraction of sp³-hybridized carbons (Fsp3) is 0.474. The van der Waals surface area contributed by atoms with Crippen LogP contribution in [0.15, 0.2) is 34.5 Å². The van der Waals surface area contributed by atoms with Crippen LogP contribution in [0.25, 0.3) is 10.4 Å². The van der Waals surface area contributed by atoms with Crippen molar-refractivity contribution in [1.29, 1.82) is 0 Å². The molecule has 1 aliphatic heterocycles. The number of phenolic OH excluding ortho intramolecular Hbond substituents is 1. The van der Waals surface area contributed by atoms with Gasteiger partial charge in [0.2, 0.25) is 0 Å². The minimum absolute atomic E-state index is 0.104. The average Bonchev–Trinajstić information content (AvgIpc) is 3.11. The second kappa shape index (κ2) is 7.89. The van der Waals surface area contributed by atoms with Gasteiger partial charge in [-0.1, -0.05) is 19.4 Å². The molecule has 3 rings (SSSR count). The highest BCUT2D eigenvalue weighted by atomic mass is 32.2. The lowest BCUT2D eigenvalue weighted by Gasteiger charge is -2.23. The number of rotatable bonds is 6. The molecule has 1 atom stereocenters. The molecule has 0 spiro atoms. The molecule has 0 unspecified atom stereocenters. The molecule has 0 bridgehead atoms. The summed E-state index contributed by atoms with van der Waals surface area (Å²) in [6.07, 6.45) is 5.73. The highest BCUT2D eigenvalue weighted by Crippen LogP contribution is 2.34. The van der Waals surface area contributed by atoms with Crippen molar-refractivity contribution in [1.82, 2.24) is 5.32 Å². The van der Waals surface area contributed by atoms with E-state index in [1.54, 1.807) is 19.1 Å². The van der Waals surface area contributed by atoms with Crippen molar-refractivity contribution >= 4 is 21.2 Å². The van der Waals surface area contributed by atoms with Crippen molar-refractivity contribution < 1.29 is 13.5 Å². The summed E-state index contributed by atoms with van der Waals surface area (Å²) in [5, 5.41) is 13.6. The molecule has 1 aromatic heterocycles. The number of nitrogens with one attached hydrogen (secondary N) is 1. The third kappa shape index (κ3) is 4.63. The molecule has 6 heteroatoms. The molecule has 2 aromatic rings. The zero-order valence-electron chi connectivity index (χ0n) is 14.5. The fourth-order valence-electron chi connectivity index (χ4n) is 3.26. The predicted octanol–water partition coefficient (Wildman–Crippen LogP) is 3.99. The second-order valence-electron chi connectivity index (χ2n) is 6.60. The third-order valence-corrected chi connectivity index (χ3v) is 8.17. The summed E-state index contributed by atoms with van der Waals surface area (Å²) in [7, 11) is -3.18. The Morgan fingerprint density at radius 3 is 2.80 bits per heavy atom. The van der Waals surface area contributed by atoms with Crippen LogP contribution >= 0.6 is 11.3 Å². The van der Waals surface area contributed by atoms with E-state index in [1.807, 2.05) is 12.1 Å². The van der Waals surface area contributed by atoms with E-state index < -0.39 is 9.84 Å². The number of phenols is 1. The lowest BCUT2D eigenvalue weighted by molar-refractivity contribution is 0.382. The number of hydrogen-bond acceptors (Lipinski definition) is 5. The molecule has 4 nitrogen and oxygen atoms in total. The van der Waals surface area contributed by atoms with Crippen molar-refractivity contribution in [2.24, 2.45) is 0 Å². The molecule has 1 fully saturated rings. The van der Waals surface area contributed by atoms with Gasteiger partial charge in [0.25, 0.3) is 0 Å². The lowest BCUT2D eigenvalue weighted by Crippen LogP contribution is -2.34. The molecular weight excluding hydrogens is 354 g/mol. The lowest BCUT2D eigenvalue weighted by atomic mass is 9.97. The Hall–Kier alpha value is -1.37. The predicted molar refractivity (Wildman–Crippen MR) is 103 cm³/mol. The van der Waals surface area contributed by atoms with Crippen LogP contribution < -0.4 is 5.32 Å². The van der Waals surface area contributed by atoms with Crippen LogP contribution in [0, 0.1) is 0 Å². The smallest absolute Gasteiger partial charge is 0.187 e. The van der Waals surface area contributed by atoms with Crippen molar-refractivity contribution in [3.05, 3.63) is 35.9 Å². The van der Waals surface area contributed by atoms with E-state index in [0.717, 1.165) is 35.4 Å². The first-order chi connectivity index (χ1) is 12.0. The Morgan fingerprint density at radius 2 is 2.08 bits per heavy atom. The van der Waals surface area contributed by atoms with Crippen LogP contribution in [0.2, 0.25) is 0 Å². The first-order valence-corrected chi connectivity index (χ1v) is 11.3. The maximum atomic E-state index is 12.0. The molecule has 0 aliphatic carbocycles. The number of piperidine rings is 1. The number of aromatic hydroxyl groups is 1. The van der Waals surface area contributed by atoms with Gasteiger partial charge in [-0.2, -0.15) is 0 Å². The summed E-state index contributed by atoms with van der Waals surface area (Å²) in [5.41, 5.74) is 1.98. The molecule has 0 amide bonds. The van der Waals surface area contributed by atoms with Gasteiger partial charge in [-0.05, 0) is 67.6 Å². The molecule has 0 saturated carbocycles.